The Labute approximate surface area is 98.4 Å². The third-order valence-corrected chi connectivity index (χ3v) is 2.73. The zero-order valence-corrected chi connectivity index (χ0v) is 9.39. The van der Waals surface area contributed by atoms with Gasteiger partial charge in [0.25, 0.3) is 0 Å². The predicted molar refractivity (Wildman–Crippen MR) is 66.3 cm³/mol. The molecule has 0 unspecified atom stereocenters. The van der Waals surface area contributed by atoms with Crippen LogP contribution in [0.25, 0.3) is 11.1 Å². The Kier molecular flexibility index (Phi) is 2.85. The molecule has 0 radical (unpaired) electrons. The van der Waals surface area contributed by atoms with Gasteiger partial charge in [-0.1, -0.05) is 47.5 Å². The molecule has 2 aromatic carbocycles. The van der Waals surface area contributed by atoms with E-state index in [0.29, 0.717) is 15.7 Å². The van der Waals surface area contributed by atoms with Gasteiger partial charge in [0, 0.05) is 26.9 Å². The summed E-state index contributed by atoms with van der Waals surface area (Å²) in [7, 11) is 0. The van der Waals surface area contributed by atoms with Crippen LogP contribution in [0.5, 0.6) is 0 Å². The van der Waals surface area contributed by atoms with Gasteiger partial charge in [-0.25, -0.2) is 0 Å². The first-order valence-corrected chi connectivity index (χ1v) is 5.24. The van der Waals surface area contributed by atoms with Crippen molar-refractivity contribution < 1.29 is 0 Å². The van der Waals surface area contributed by atoms with Crippen LogP contribution in [0.2, 0.25) is 10.0 Å². The third-order valence-electron chi connectivity index (χ3n) is 2.18. The van der Waals surface area contributed by atoms with Gasteiger partial charge in [0.1, 0.15) is 0 Å². The van der Waals surface area contributed by atoms with Crippen molar-refractivity contribution in [1.29, 1.82) is 0 Å². The molecule has 2 rings (SSSR count). The van der Waals surface area contributed by atoms with E-state index in [2.05, 4.69) is 0 Å². The van der Waals surface area contributed by atoms with Crippen molar-refractivity contribution in [2.75, 3.05) is 5.73 Å². The Morgan fingerprint density at radius 3 is 2.27 bits per heavy atom. The second-order valence-electron chi connectivity index (χ2n) is 3.21. The minimum atomic E-state index is 0.611. The molecule has 0 aliphatic carbocycles. The Morgan fingerprint density at radius 2 is 1.60 bits per heavy atom. The minimum Gasteiger partial charge on any atom is -0.398 e. The topological polar surface area (TPSA) is 26.0 Å². The number of halogens is 2. The predicted octanol–water partition coefficient (Wildman–Crippen LogP) is 4.24. The minimum absolute atomic E-state index is 0.611. The lowest BCUT2D eigenvalue weighted by atomic mass is 10.0. The smallest absolute Gasteiger partial charge is 0.0499 e. The van der Waals surface area contributed by atoms with Gasteiger partial charge in [-0.2, -0.15) is 0 Å². The normalized spacial score (nSPS) is 10.3. The van der Waals surface area contributed by atoms with Crippen LogP contribution in [-0.2, 0) is 0 Å². The van der Waals surface area contributed by atoms with Crippen LogP contribution < -0.4 is 5.73 Å². The summed E-state index contributed by atoms with van der Waals surface area (Å²) in [6, 6.07) is 13.0. The zero-order chi connectivity index (χ0) is 10.8. The quantitative estimate of drug-likeness (QED) is 0.738. The molecule has 0 saturated heterocycles. The SMILES string of the molecule is Nc1ccccc1-c1ccc(Cl)cc1Cl. The fourth-order valence-electron chi connectivity index (χ4n) is 1.45. The van der Waals surface area contributed by atoms with Gasteiger partial charge in [0.15, 0.2) is 0 Å². The van der Waals surface area contributed by atoms with E-state index in [1.54, 1.807) is 12.1 Å². The number of nitrogens with two attached hydrogens (primary N) is 1. The highest BCUT2D eigenvalue weighted by atomic mass is 35.5. The Balaban J connectivity index is 2.60. The van der Waals surface area contributed by atoms with Crippen molar-refractivity contribution in [3.05, 3.63) is 52.5 Å². The lowest BCUT2D eigenvalue weighted by Crippen LogP contribution is -1.89. The summed E-state index contributed by atoms with van der Waals surface area (Å²) >= 11 is 11.9. The molecule has 0 bridgehead atoms. The van der Waals surface area contributed by atoms with Crippen LogP contribution in [-0.4, -0.2) is 0 Å². The molecule has 3 heteroatoms. The molecule has 0 atom stereocenters. The fourth-order valence-corrected chi connectivity index (χ4v) is 1.96. The van der Waals surface area contributed by atoms with Crippen LogP contribution >= 0.6 is 23.2 Å². The first-order chi connectivity index (χ1) is 7.18. The molecule has 1 nitrogen and oxygen atoms in total. The number of rotatable bonds is 1. The van der Waals surface area contributed by atoms with Gasteiger partial charge < -0.3 is 5.73 Å². The maximum atomic E-state index is 6.10. The van der Waals surface area contributed by atoms with Gasteiger partial charge in [-0.05, 0) is 18.2 Å². The monoisotopic (exact) mass is 237 g/mol. The summed E-state index contributed by atoms with van der Waals surface area (Å²) in [5.41, 5.74) is 8.41. The third kappa shape index (κ3) is 2.09. The van der Waals surface area contributed by atoms with Gasteiger partial charge in [0.2, 0.25) is 0 Å². The summed E-state index contributed by atoms with van der Waals surface area (Å²) < 4.78 is 0. The molecule has 0 spiro atoms. The van der Waals surface area contributed by atoms with Crippen molar-refractivity contribution in [2.45, 2.75) is 0 Å². The van der Waals surface area contributed by atoms with Crippen molar-refractivity contribution in [2.24, 2.45) is 0 Å². The molecule has 0 aliphatic heterocycles. The summed E-state index contributed by atoms with van der Waals surface area (Å²) in [5.74, 6) is 0. The Hall–Kier alpha value is -1.18. The largest absolute Gasteiger partial charge is 0.398 e. The molecule has 0 saturated carbocycles. The van der Waals surface area contributed by atoms with E-state index in [1.165, 1.54) is 0 Å². The molecule has 76 valence electrons. The molecule has 15 heavy (non-hydrogen) atoms. The summed E-state index contributed by atoms with van der Waals surface area (Å²) in [6.07, 6.45) is 0. The highest BCUT2D eigenvalue weighted by Gasteiger charge is 2.06. The number of hydrogen-bond acceptors (Lipinski definition) is 1. The van der Waals surface area contributed by atoms with Gasteiger partial charge in [-0.3, -0.25) is 0 Å². The molecule has 0 aromatic heterocycles. The molecule has 2 aromatic rings. The maximum Gasteiger partial charge on any atom is 0.0499 e. The summed E-state index contributed by atoms with van der Waals surface area (Å²) in [4.78, 5) is 0. The Morgan fingerprint density at radius 1 is 0.867 bits per heavy atom. The van der Waals surface area contributed by atoms with Crippen LogP contribution in [0.1, 0.15) is 0 Å². The van der Waals surface area contributed by atoms with Crippen molar-refractivity contribution in [3.63, 3.8) is 0 Å². The standard InChI is InChI=1S/C12H9Cl2N/c13-8-5-6-9(11(14)7-8)10-3-1-2-4-12(10)15/h1-7H,15H2. The van der Waals surface area contributed by atoms with E-state index in [4.69, 9.17) is 28.9 Å². The average Bonchev–Trinajstić information content (AvgIpc) is 2.20. The van der Waals surface area contributed by atoms with Crippen LogP contribution in [0.4, 0.5) is 5.69 Å². The molecule has 2 N–H and O–H groups in total. The number of nitrogen functional groups attached to an aromatic ring is 1. The summed E-state index contributed by atoms with van der Waals surface area (Å²) in [6.45, 7) is 0. The van der Waals surface area contributed by atoms with Crippen molar-refractivity contribution in [1.82, 2.24) is 0 Å². The molecule has 0 aliphatic rings. The number of benzene rings is 2. The van der Waals surface area contributed by atoms with E-state index >= 15 is 0 Å². The molecular weight excluding hydrogens is 229 g/mol. The van der Waals surface area contributed by atoms with Crippen LogP contribution in [0, 0.1) is 0 Å². The fraction of sp³-hybridized carbons (Fsp3) is 0. The van der Waals surface area contributed by atoms with Crippen LogP contribution in [0.15, 0.2) is 42.5 Å². The molecule has 0 amide bonds. The number of hydrogen-bond donors (Lipinski definition) is 1. The van der Waals surface area contributed by atoms with E-state index in [1.807, 2.05) is 30.3 Å². The number of para-hydroxylation sites is 1. The molecular formula is C12H9Cl2N. The van der Waals surface area contributed by atoms with E-state index in [9.17, 15) is 0 Å². The average molecular weight is 238 g/mol. The van der Waals surface area contributed by atoms with Crippen LogP contribution in [0.3, 0.4) is 0 Å². The van der Waals surface area contributed by atoms with E-state index in [-0.39, 0.29) is 0 Å². The maximum absolute atomic E-state index is 6.10. The van der Waals surface area contributed by atoms with Gasteiger partial charge in [-0.15, -0.1) is 0 Å². The second-order valence-corrected chi connectivity index (χ2v) is 4.06. The number of anilines is 1. The zero-order valence-electron chi connectivity index (χ0n) is 7.87. The lowest BCUT2D eigenvalue weighted by molar-refractivity contribution is 1.61. The van der Waals surface area contributed by atoms with Gasteiger partial charge in [0.05, 0.1) is 0 Å². The van der Waals surface area contributed by atoms with Crippen molar-refractivity contribution >= 4 is 28.9 Å². The highest BCUT2D eigenvalue weighted by molar-refractivity contribution is 6.36. The van der Waals surface area contributed by atoms with Gasteiger partial charge >= 0.3 is 0 Å². The first-order valence-electron chi connectivity index (χ1n) is 4.48. The summed E-state index contributed by atoms with van der Waals surface area (Å²) in [5, 5.41) is 1.23. The lowest BCUT2D eigenvalue weighted by Gasteiger charge is -2.07. The molecule has 0 fully saturated rings. The Bertz CT molecular complexity index is 495. The van der Waals surface area contributed by atoms with Crippen molar-refractivity contribution in [3.8, 4) is 11.1 Å². The second kappa shape index (κ2) is 4.13. The van der Waals surface area contributed by atoms with E-state index < -0.39 is 0 Å². The molecule has 0 heterocycles. The highest BCUT2D eigenvalue weighted by Crippen LogP contribution is 2.33. The first kappa shape index (κ1) is 10.3. The van der Waals surface area contributed by atoms with E-state index in [0.717, 1.165) is 11.1 Å².